The molecule has 0 saturated heterocycles. The third kappa shape index (κ3) is 4.97. The van der Waals surface area contributed by atoms with Crippen LogP contribution in [-0.2, 0) is 4.79 Å². The van der Waals surface area contributed by atoms with Crippen molar-refractivity contribution < 1.29 is 9.59 Å². The van der Waals surface area contributed by atoms with Gasteiger partial charge in [-0.05, 0) is 38.3 Å². The van der Waals surface area contributed by atoms with Crippen molar-refractivity contribution in [2.24, 2.45) is 0 Å². The molecule has 0 atom stereocenters. The Morgan fingerprint density at radius 1 is 1.05 bits per heavy atom. The molecule has 0 heterocycles. The number of benzene rings is 1. The van der Waals surface area contributed by atoms with Crippen molar-refractivity contribution in [2.45, 2.75) is 71.3 Å². The van der Waals surface area contributed by atoms with Crippen LogP contribution >= 0.6 is 0 Å². The molecule has 3 heteroatoms. The van der Waals surface area contributed by atoms with Crippen LogP contribution in [0.25, 0.3) is 0 Å². The normalized spacial score (nSPS) is 16.1. The summed E-state index contributed by atoms with van der Waals surface area (Å²) >= 11 is 0. The van der Waals surface area contributed by atoms with Gasteiger partial charge in [-0.15, -0.1) is 0 Å². The number of rotatable bonds is 5. The van der Waals surface area contributed by atoms with Gasteiger partial charge in [-0.3, -0.25) is 9.59 Å². The Morgan fingerprint density at radius 3 is 2.41 bits per heavy atom. The van der Waals surface area contributed by atoms with Crippen molar-refractivity contribution in [3.05, 3.63) is 34.9 Å². The largest absolute Gasteiger partial charge is 0.353 e. The van der Waals surface area contributed by atoms with Crippen LogP contribution < -0.4 is 5.32 Å². The Balaban J connectivity index is 1.82. The first kappa shape index (κ1) is 16.7. The minimum absolute atomic E-state index is 0.0190. The van der Waals surface area contributed by atoms with Gasteiger partial charge in [-0.2, -0.15) is 0 Å². The van der Waals surface area contributed by atoms with Gasteiger partial charge >= 0.3 is 0 Å². The number of aryl methyl sites for hydroxylation is 2. The van der Waals surface area contributed by atoms with E-state index in [1.54, 1.807) is 0 Å². The zero-order valence-electron chi connectivity index (χ0n) is 13.8. The summed E-state index contributed by atoms with van der Waals surface area (Å²) in [6.45, 7) is 3.92. The van der Waals surface area contributed by atoms with Crippen LogP contribution in [0.1, 0.15) is 72.9 Å². The maximum absolute atomic E-state index is 12.3. The average Bonchev–Trinajstić information content (AvgIpc) is 2.76. The van der Waals surface area contributed by atoms with Gasteiger partial charge in [0.05, 0.1) is 0 Å². The van der Waals surface area contributed by atoms with E-state index >= 15 is 0 Å². The molecule has 0 spiro atoms. The quantitative estimate of drug-likeness (QED) is 0.657. The molecule has 1 aliphatic rings. The Labute approximate surface area is 133 Å². The second-order valence-corrected chi connectivity index (χ2v) is 6.50. The molecule has 1 N–H and O–H groups in total. The molecule has 1 aliphatic carbocycles. The molecule has 1 saturated carbocycles. The van der Waals surface area contributed by atoms with Crippen LogP contribution in [0.2, 0.25) is 0 Å². The van der Waals surface area contributed by atoms with Crippen molar-refractivity contribution in [1.82, 2.24) is 5.32 Å². The predicted octanol–water partition coefficient (Wildman–Crippen LogP) is 4.11. The number of hydrogen-bond acceptors (Lipinski definition) is 2. The minimum atomic E-state index is 0.0190. The van der Waals surface area contributed by atoms with E-state index in [1.165, 1.54) is 25.7 Å². The monoisotopic (exact) mass is 301 g/mol. The van der Waals surface area contributed by atoms with Crippen molar-refractivity contribution in [2.75, 3.05) is 0 Å². The molecular weight excluding hydrogens is 274 g/mol. The smallest absolute Gasteiger partial charge is 0.220 e. The molecular formula is C19H27NO2. The first-order chi connectivity index (χ1) is 10.6. The van der Waals surface area contributed by atoms with Crippen LogP contribution in [0.4, 0.5) is 0 Å². The molecule has 1 amide bonds. The fourth-order valence-electron chi connectivity index (χ4n) is 3.12. The van der Waals surface area contributed by atoms with E-state index in [2.05, 4.69) is 5.32 Å². The van der Waals surface area contributed by atoms with Gasteiger partial charge in [-0.25, -0.2) is 0 Å². The van der Waals surface area contributed by atoms with Gasteiger partial charge in [0.1, 0.15) is 0 Å². The Kier molecular flexibility index (Phi) is 6.17. The summed E-state index contributed by atoms with van der Waals surface area (Å²) in [5.41, 5.74) is 2.82. The van der Waals surface area contributed by atoms with Gasteiger partial charge in [0, 0.05) is 24.4 Å². The van der Waals surface area contributed by atoms with E-state index < -0.39 is 0 Å². The van der Waals surface area contributed by atoms with Crippen LogP contribution in [0.15, 0.2) is 18.2 Å². The molecule has 1 aromatic carbocycles. The fraction of sp³-hybridized carbons (Fsp3) is 0.579. The molecule has 0 unspecified atom stereocenters. The predicted molar refractivity (Wildman–Crippen MR) is 89.1 cm³/mol. The summed E-state index contributed by atoms with van der Waals surface area (Å²) in [6, 6.07) is 6.20. The molecule has 1 fully saturated rings. The van der Waals surface area contributed by atoms with Gasteiger partial charge in [0.15, 0.2) is 5.78 Å². The lowest BCUT2D eigenvalue weighted by Gasteiger charge is -2.16. The molecule has 2 rings (SSSR count). The summed E-state index contributed by atoms with van der Waals surface area (Å²) in [7, 11) is 0. The second kappa shape index (κ2) is 8.11. The third-order valence-electron chi connectivity index (χ3n) is 4.49. The van der Waals surface area contributed by atoms with Crippen molar-refractivity contribution in [3.63, 3.8) is 0 Å². The SMILES string of the molecule is Cc1ccc(C)c(C(=O)CCC(=O)NC2CCCCCC2)c1. The van der Waals surface area contributed by atoms with Crippen LogP contribution in [0, 0.1) is 13.8 Å². The molecule has 22 heavy (non-hydrogen) atoms. The first-order valence-electron chi connectivity index (χ1n) is 8.46. The summed E-state index contributed by atoms with van der Waals surface area (Å²) < 4.78 is 0. The lowest BCUT2D eigenvalue weighted by molar-refractivity contribution is -0.121. The maximum Gasteiger partial charge on any atom is 0.220 e. The number of amides is 1. The number of carbonyl (C=O) groups is 2. The topological polar surface area (TPSA) is 46.2 Å². The molecule has 1 aromatic rings. The van der Waals surface area contributed by atoms with Gasteiger partial charge < -0.3 is 5.32 Å². The summed E-state index contributed by atoms with van der Waals surface area (Å²) in [6.07, 6.45) is 7.70. The number of hydrogen-bond donors (Lipinski definition) is 1. The zero-order chi connectivity index (χ0) is 15.9. The van der Waals surface area contributed by atoms with E-state index in [9.17, 15) is 9.59 Å². The molecule has 0 bridgehead atoms. The van der Waals surface area contributed by atoms with E-state index in [4.69, 9.17) is 0 Å². The highest BCUT2D eigenvalue weighted by Gasteiger charge is 2.16. The van der Waals surface area contributed by atoms with E-state index in [0.29, 0.717) is 18.9 Å². The first-order valence-corrected chi connectivity index (χ1v) is 8.46. The third-order valence-corrected chi connectivity index (χ3v) is 4.49. The highest BCUT2D eigenvalue weighted by atomic mass is 16.2. The van der Waals surface area contributed by atoms with Crippen LogP contribution in [0.5, 0.6) is 0 Å². The maximum atomic E-state index is 12.3. The second-order valence-electron chi connectivity index (χ2n) is 6.50. The number of ketones is 1. The lowest BCUT2D eigenvalue weighted by Crippen LogP contribution is -2.34. The molecule has 120 valence electrons. The number of nitrogens with one attached hydrogen (secondary N) is 1. The molecule has 3 nitrogen and oxygen atoms in total. The molecule has 0 radical (unpaired) electrons. The van der Waals surface area contributed by atoms with Gasteiger partial charge in [0.25, 0.3) is 0 Å². The fourth-order valence-corrected chi connectivity index (χ4v) is 3.12. The Morgan fingerprint density at radius 2 is 1.73 bits per heavy atom. The van der Waals surface area contributed by atoms with E-state index in [1.807, 2.05) is 32.0 Å². The zero-order valence-corrected chi connectivity index (χ0v) is 13.8. The van der Waals surface area contributed by atoms with Crippen molar-refractivity contribution in [3.8, 4) is 0 Å². The summed E-state index contributed by atoms with van der Waals surface area (Å²) in [5, 5.41) is 3.10. The van der Waals surface area contributed by atoms with E-state index in [-0.39, 0.29) is 11.7 Å². The van der Waals surface area contributed by atoms with Gasteiger partial charge in [-0.1, -0.05) is 43.4 Å². The Hall–Kier alpha value is -1.64. The van der Waals surface area contributed by atoms with Crippen molar-refractivity contribution in [1.29, 1.82) is 0 Å². The Bertz CT molecular complexity index is 528. The minimum Gasteiger partial charge on any atom is -0.353 e. The van der Waals surface area contributed by atoms with Crippen molar-refractivity contribution >= 4 is 11.7 Å². The number of Topliss-reactive ketones (excluding diaryl/α,β-unsaturated/α-hetero) is 1. The standard InChI is InChI=1S/C19H27NO2/c1-14-9-10-15(2)17(13-14)18(21)11-12-19(22)20-16-7-5-3-4-6-8-16/h9-10,13,16H,3-8,11-12H2,1-2H3,(H,20,22). The van der Waals surface area contributed by atoms with Gasteiger partial charge in [0.2, 0.25) is 5.91 Å². The van der Waals surface area contributed by atoms with E-state index in [0.717, 1.165) is 29.5 Å². The highest BCUT2D eigenvalue weighted by molar-refractivity contribution is 5.99. The van der Waals surface area contributed by atoms with Crippen LogP contribution in [0.3, 0.4) is 0 Å². The summed E-state index contributed by atoms with van der Waals surface area (Å²) in [5.74, 6) is 0.0859. The van der Waals surface area contributed by atoms with Crippen LogP contribution in [-0.4, -0.2) is 17.7 Å². The highest BCUT2D eigenvalue weighted by Crippen LogP contribution is 2.18. The summed E-state index contributed by atoms with van der Waals surface area (Å²) in [4.78, 5) is 24.3. The average molecular weight is 301 g/mol. The lowest BCUT2D eigenvalue weighted by atomic mass is 9.99. The number of carbonyl (C=O) groups excluding carboxylic acids is 2. The molecule has 0 aliphatic heterocycles. The molecule has 0 aromatic heterocycles.